The van der Waals surface area contributed by atoms with Gasteiger partial charge in [0.15, 0.2) is 11.5 Å². The van der Waals surface area contributed by atoms with Gasteiger partial charge in [-0.15, -0.1) is 0 Å². The SMILES string of the molecule is NC1(C(=O)Nc2cc3c(cc2[N+](=O)[O-])OCCO3)CC1. The van der Waals surface area contributed by atoms with Crippen LogP contribution >= 0.6 is 0 Å². The fourth-order valence-corrected chi connectivity index (χ4v) is 1.94. The van der Waals surface area contributed by atoms with Gasteiger partial charge in [0.05, 0.1) is 16.5 Å². The number of nitrogens with one attached hydrogen (secondary N) is 1. The van der Waals surface area contributed by atoms with E-state index in [4.69, 9.17) is 15.2 Å². The quantitative estimate of drug-likeness (QED) is 0.624. The predicted octanol–water partition coefficient (Wildman–Crippen LogP) is 0.796. The molecular weight excluding hydrogens is 266 g/mol. The summed E-state index contributed by atoms with van der Waals surface area (Å²) in [6.45, 7) is 0.695. The number of fused-ring (bicyclic) bond motifs is 1. The molecule has 1 amide bonds. The van der Waals surface area contributed by atoms with Crippen LogP contribution in [0.25, 0.3) is 0 Å². The number of nitrogens with two attached hydrogens (primary N) is 1. The molecule has 1 heterocycles. The molecule has 8 heteroatoms. The molecule has 106 valence electrons. The van der Waals surface area contributed by atoms with Crippen molar-refractivity contribution in [3.63, 3.8) is 0 Å². The normalized spacial score (nSPS) is 18.2. The van der Waals surface area contributed by atoms with Crippen LogP contribution in [0.1, 0.15) is 12.8 Å². The molecule has 3 rings (SSSR count). The molecule has 0 bridgehead atoms. The first-order chi connectivity index (χ1) is 9.49. The van der Waals surface area contributed by atoms with Gasteiger partial charge in [0.2, 0.25) is 5.91 Å². The number of hydrogen-bond acceptors (Lipinski definition) is 6. The summed E-state index contributed by atoms with van der Waals surface area (Å²) >= 11 is 0. The third-order valence-corrected chi connectivity index (χ3v) is 3.35. The van der Waals surface area contributed by atoms with Gasteiger partial charge in [-0.25, -0.2) is 0 Å². The molecule has 3 N–H and O–H groups in total. The molecule has 0 radical (unpaired) electrons. The van der Waals surface area contributed by atoms with E-state index >= 15 is 0 Å². The van der Waals surface area contributed by atoms with Crippen LogP contribution in [0.5, 0.6) is 11.5 Å². The standard InChI is InChI=1S/C12H13N3O5/c13-12(1-2-12)11(16)14-7-5-9-10(20-4-3-19-9)6-8(7)15(17)18/h5-6H,1-4,13H2,(H,14,16). The Labute approximate surface area is 114 Å². The van der Waals surface area contributed by atoms with Crippen molar-refractivity contribution in [2.24, 2.45) is 5.73 Å². The number of carbonyl (C=O) groups is 1. The minimum absolute atomic E-state index is 0.0703. The van der Waals surface area contributed by atoms with Crippen LogP contribution in [-0.2, 0) is 4.79 Å². The molecule has 0 atom stereocenters. The molecule has 0 spiro atoms. The zero-order chi connectivity index (χ0) is 14.3. The highest BCUT2D eigenvalue weighted by atomic mass is 16.6. The van der Waals surface area contributed by atoms with Gasteiger partial charge >= 0.3 is 0 Å². The lowest BCUT2D eigenvalue weighted by Gasteiger charge is -2.19. The Balaban J connectivity index is 1.95. The van der Waals surface area contributed by atoms with E-state index in [9.17, 15) is 14.9 Å². The van der Waals surface area contributed by atoms with E-state index in [2.05, 4.69) is 5.32 Å². The molecule has 1 aromatic carbocycles. The largest absolute Gasteiger partial charge is 0.486 e. The molecule has 1 saturated carbocycles. The first kappa shape index (κ1) is 12.7. The first-order valence-corrected chi connectivity index (χ1v) is 6.18. The fraction of sp³-hybridized carbons (Fsp3) is 0.417. The topological polar surface area (TPSA) is 117 Å². The lowest BCUT2D eigenvalue weighted by Crippen LogP contribution is -2.38. The second-order valence-corrected chi connectivity index (χ2v) is 4.88. The maximum Gasteiger partial charge on any atom is 0.296 e. The zero-order valence-corrected chi connectivity index (χ0v) is 10.5. The van der Waals surface area contributed by atoms with Crippen molar-refractivity contribution >= 4 is 17.3 Å². The molecule has 8 nitrogen and oxygen atoms in total. The summed E-state index contributed by atoms with van der Waals surface area (Å²) in [5.41, 5.74) is 4.69. The van der Waals surface area contributed by atoms with Crippen LogP contribution in [0.2, 0.25) is 0 Å². The highest BCUT2D eigenvalue weighted by Gasteiger charge is 2.46. The summed E-state index contributed by atoms with van der Waals surface area (Å²) in [5.74, 6) is 0.256. The Bertz CT molecular complexity index is 597. The van der Waals surface area contributed by atoms with Crippen LogP contribution in [-0.4, -0.2) is 29.6 Å². The summed E-state index contributed by atoms with van der Waals surface area (Å²) in [4.78, 5) is 22.4. The maximum absolute atomic E-state index is 11.9. The predicted molar refractivity (Wildman–Crippen MR) is 68.9 cm³/mol. The monoisotopic (exact) mass is 279 g/mol. The smallest absolute Gasteiger partial charge is 0.296 e. The lowest BCUT2D eigenvalue weighted by molar-refractivity contribution is -0.384. The van der Waals surface area contributed by atoms with E-state index in [1.165, 1.54) is 12.1 Å². The maximum atomic E-state index is 11.9. The van der Waals surface area contributed by atoms with Crippen LogP contribution < -0.4 is 20.5 Å². The lowest BCUT2D eigenvalue weighted by atomic mass is 10.2. The van der Waals surface area contributed by atoms with Crippen molar-refractivity contribution in [1.29, 1.82) is 0 Å². The number of amides is 1. The van der Waals surface area contributed by atoms with E-state index in [1.54, 1.807) is 0 Å². The Morgan fingerprint density at radius 1 is 1.30 bits per heavy atom. The first-order valence-electron chi connectivity index (χ1n) is 6.18. The molecule has 1 aromatic rings. The van der Waals surface area contributed by atoms with Crippen LogP contribution in [0.3, 0.4) is 0 Å². The van der Waals surface area contributed by atoms with Crippen molar-refractivity contribution in [3.8, 4) is 11.5 Å². The van der Waals surface area contributed by atoms with Crippen LogP contribution in [0.15, 0.2) is 12.1 Å². The zero-order valence-electron chi connectivity index (χ0n) is 10.5. The van der Waals surface area contributed by atoms with Gasteiger partial charge in [-0.05, 0) is 12.8 Å². The summed E-state index contributed by atoms with van der Waals surface area (Å²) in [6, 6.07) is 2.65. The summed E-state index contributed by atoms with van der Waals surface area (Å²) in [6.07, 6.45) is 1.16. The van der Waals surface area contributed by atoms with Gasteiger partial charge in [-0.2, -0.15) is 0 Å². The Hall–Kier alpha value is -2.35. The van der Waals surface area contributed by atoms with Gasteiger partial charge in [0.25, 0.3) is 5.69 Å². The van der Waals surface area contributed by atoms with Crippen LogP contribution in [0.4, 0.5) is 11.4 Å². The summed E-state index contributed by atoms with van der Waals surface area (Å²) in [7, 11) is 0. The molecule has 2 aliphatic rings. The van der Waals surface area contributed by atoms with Gasteiger partial charge in [0.1, 0.15) is 18.9 Å². The van der Waals surface area contributed by atoms with Crippen molar-refractivity contribution in [3.05, 3.63) is 22.2 Å². The number of nitrogens with zero attached hydrogens (tertiary/aromatic N) is 1. The molecule has 0 saturated heterocycles. The number of ether oxygens (including phenoxy) is 2. The molecule has 0 aromatic heterocycles. The van der Waals surface area contributed by atoms with Crippen molar-refractivity contribution in [1.82, 2.24) is 0 Å². The number of nitro benzene ring substituents is 1. The van der Waals surface area contributed by atoms with Crippen molar-refractivity contribution < 1.29 is 19.2 Å². The third kappa shape index (κ3) is 2.14. The number of carbonyl (C=O) groups excluding carboxylic acids is 1. The van der Waals surface area contributed by atoms with Gasteiger partial charge in [-0.3, -0.25) is 14.9 Å². The third-order valence-electron chi connectivity index (χ3n) is 3.35. The second kappa shape index (κ2) is 4.34. The Morgan fingerprint density at radius 2 is 1.90 bits per heavy atom. The Kier molecular flexibility index (Phi) is 2.75. The van der Waals surface area contributed by atoms with E-state index in [1.807, 2.05) is 0 Å². The van der Waals surface area contributed by atoms with Gasteiger partial charge in [-0.1, -0.05) is 0 Å². The van der Waals surface area contributed by atoms with Crippen LogP contribution in [0, 0.1) is 10.1 Å². The van der Waals surface area contributed by atoms with E-state index in [0.29, 0.717) is 37.6 Å². The minimum Gasteiger partial charge on any atom is -0.486 e. The van der Waals surface area contributed by atoms with E-state index in [0.717, 1.165) is 0 Å². The molecule has 1 aliphatic heterocycles. The highest BCUT2D eigenvalue weighted by molar-refractivity contribution is 6.01. The van der Waals surface area contributed by atoms with E-state index < -0.39 is 16.4 Å². The molecule has 1 aliphatic carbocycles. The highest BCUT2D eigenvalue weighted by Crippen LogP contribution is 2.40. The number of anilines is 1. The number of benzene rings is 1. The second-order valence-electron chi connectivity index (χ2n) is 4.88. The average molecular weight is 279 g/mol. The average Bonchev–Trinajstić information content (AvgIpc) is 3.17. The van der Waals surface area contributed by atoms with Crippen molar-refractivity contribution in [2.45, 2.75) is 18.4 Å². The van der Waals surface area contributed by atoms with Gasteiger partial charge < -0.3 is 20.5 Å². The van der Waals surface area contributed by atoms with E-state index in [-0.39, 0.29) is 11.4 Å². The molecule has 1 fully saturated rings. The summed E-state index contributed by atoms with van der Waals surface area (Å²) in [5, 5.41) is 13.6. The number of nitro groups is 1. The fourth-order valence-electron chi connectivity index (χ4n) is 1.94. The summed E-state index contributed by atoms with van der Waals surface area (Å²) < 4.78 is 10.6. The molecular formula is C12H13N3O5. The van der Waals surface area contributed by atoms with Crippen molar-refractivity contribution in [2.75, 3.05) is 18.5 Å². The molecule has 20 heavy (non-hydrogen) atoms. The van der Waals surface area contributed by atoms with Gasteiger partial charge in [0, 0.05) is 6.07 Å². The molecule has 0 unspecified atom stereocenters. The minimum atomic E-state index is -0.902. The number of rotatable bonds is 3. The number of hydrogen-bond donors (Lipinski definition) is 2. The Morgan fingerprint density at radius 3 is 2.45 bits per heavy atom.